The normalized spacial score (nSPS) is 16.7. The summed E-state index contributed by atoms with van der Waals surface area (Å²) in [6.45, 7) is 6.26. The second-order valence-electron chi connectivity index (χ2n) is 6.37. The van der Waals surface area contributed by atoms with E-state index in [1.807, 2.05) is 24.5 Å². The van der Waals surface area contributed by atoms with Crippen molar-refractivity contribution in [2.75, 3.05) is 26.2 Å². The molecule has 2 aromatic carbocycles. The quantitative estimate of drug-likeness (QED) is 0.727. The van der Waals surface area contributed by atoms with Crippen molar-refractivity contribution >= 4 is 22.6 Å². The third kappa shape index (κ3) is 3.46. The Morgan fingerprint density at radius 1 is 0.875 bits per heavy atom. The molecule has 24 heavy (non-hydrogen) atoms. The van der Waals surface area contributed by atoms with Crippen LogP contribution < -0.4 is 0 Å². The molecule has 124 valence electrons. The van der Waals surface area contributed by atoms with Gasteiger partial charge in [0.25, 0.3) is 0 Å². The van der Waals surface area contributed by atoms with Gasteiger partial charge in [0.1, 0.15) is 0 Å². The smallest absolute Gasteiger partial charge is 0.0969 e. The first-order chi connectivity index (χ1) is 11.8. The van der Waals surface area contributed by atoms with Crippen molar-refractivity contribution in [2.24, 2.45) is 0 Å². The number of hydrogen-bond donors (Lipinski definition) is 0. The summed E-state index contributed by atoms with van der Waals surface area (Å²) >= 11 is 5.95. The van der Waals surface area contributed by atoms with E-state index in [1.165, 1.54) is 11.1 Å². The summed E-state index contributed by atoms with van der Waals surface area (Å²) in [7, 11) is 0. The molecule has 0 N–H and O–H groups in total. The van der Waals surface area contributed by atoms with Crippen LogP contribution in [0, 0.1) is 0 Å². The van der Waals surface area contributed by atoms with Crippen LogP contribution in [0.15, 0.2) is 54.9 Å². The van der Waals surface area contributed by atoms with E-state index in [1.54, 1.807) is 0 Å². The van der Waals surface area contributed by atoms with Gasteiger partial charge in [-0.2, -0.15) is 0 Å². The molecule has 1 aliphatic heterocycles. The fourth-order valence-corrected chi connectivity index (χ4v) is 3.40. The van der Waals surface area contributed by atoms with Gasteiger partial charge < -0.3 is 4.57 Å². The summed E-state index contributed by atoms with van der Waals surface area (Å²) in [5.74, 6) is 0. The lowest BCUT2D eigenvalue weighted by atomic mass is 10.2. The average Bonchev–Trinajstić information content (AvgIpc) is 3.02. The molecular formula is C19H21ClN4. The van der Waals surface area contributed by atoms with E-state index >= 15 is 0 Å². The van der Waals surface area contributed by atoms with Gasteiger partial charge in [-0.25, -0.2) is 4.98 Å². The zero-order chi connectivity index (χ0) is 16.4. The van der Waals surface area contributed by atoms with Gasteiger partial charge in [-0.1, -0.05) is 35.9 Å². The SMILES string of the molecule is Clc1ccc(CN2CCN(Cn3cnc4ccccc43)CC2)cc1. The predicted molar refractivity (Wildman–Crippen MR) is 98.0 cm³/mol. The Kier molecular flexibility index (Phi) is 4.52. The lowest BCUT2D eigenvalue weighted by Gasteiger charge is -2.34. The van der Waals surface area contributed by atoms with Crippen molar-refractivity contribution in [3.63, 3.8) is 0 Å². The Hall–Kier alpha value is -1.88. The summed E-state index contributed by atoms with van der Waals surface area (Å²) in [6.07, 6.45) is 1.95. The molecule has 2 heterocycles. The molecule has 0 spiro atoms. The van der Waals surface area contributed by atoms with Gasteiger partial charge >= 0.3 is 0 Å². The van der Waals surface area contributed by atoms with Crippen molar-refractivity contribution in [1.29, 1.82) is 0 Å². The van der Waals surface area contributed by atoms with E-state index < -0.39 is 0 Å². The van der Waals surface area contributed by atoms with Gasteiger partial charge in [0.2, 0.25) is 0 Å². The highest BCUT2D eigenvalue weighted by atomic mass is 35.5. The van der Waals surface area contributed by atoms with E-state index in [0.29, 0.717) is 0 Å². The minimum absolute atomic E-state index is 0.802. The second-order valence-corrected chi connectivity index (χ2v) is 6.80. The van der Waals surface area contributed by atoms with Crippen LogP contribution in [0.25, 0.3) is 11.0 Å². The van der Waals surface area contributed by atoms with Crippen molar-refractivity contribution < 1.29 is 0 Å². The predicted octanol–water partition coefficient (Wildman–Crippen LogP) is 3.47. The van der Waals surface area contributed by atoms with Crippen LogP contribution in [0.4, 0.5) is 0 Å². The highest BCUT2D eigenvalue weighted by Crippen LogP contribution is 2.15. The minimum Gasteiger partial charge on any atom is -0.317 e. The Morgan fingerprint density at radius 2 is 1.58 bits per heavy atom. The fraction of sp³-hybridized carbons (Fsp3) is 0.316. The average molecular weight is 341 g/mol. The first-order valence-electron chi connectivity index (χ1n) is 8.37. The standard InChI is InChI=1S/C19H21ClN4/c20-17-7-5-16(6-8-17)13-22-9-11-23(12-10-22)15-24-14-21-18-3-1-2-4-19(18)24/h1-8,14H,9-13,15H2. The topological polar surface area (TPSA) is 24.3 Å². The summed E-state index contributed by atoms with van der Waals surface area (Å²) in [6, 6.07) is 16.5. The summed E-state index contributed by atoms with van der Waals surface area (Å²) < 4.78 is 2.24. The summed E-state index contributed by atoms with van der Waals surface area (Å²) in [5, 5.41) is 0.802. The third-order valence-corrected chi connectivity index (χ3v) is 4.92. The van der Waals surface area contributed by atoms with Gasteiger partial charge in [-0.15, -0.1) is 0 Å². The lowest BCUT2D eigenvalue weighted by Crippen LogP contribution is -2.46. The van der Waals surface area contributed by atoms with Crippen LogP contribution >= 0.6 is 11.6 Å². The molecule has 3 aromatic rings. The van der Waals surface area contributed by atoms with Crippen molar-refractivity contribution in [2.45, 2.75) is 13.2 Å². The number of aromatic nitrogens is 2. The van der Waals surface area contributed by atoms with Gasteiger partial charge in [0, 0.05) is 37.7 Å². The number of imidazole rings is 1. The summed E-state index contributed by atoms with van der Waals surface area (Å²) in [5.41, 5.74) is 3.61. The van der Waals surface area contributed by atoms with Crippen LogP contribution in [0.3, 0.4) is 0 Å². The number of fused-ring (bicyclic) bond motifs is 1. The molecule has 1 saturated heterocycles. The Bertz CT molecular complexity index is 804. The molecule has 0 amide bonds. The maximum absolute atomic E-state index is 5.95. The molecular weight excluding hydrogens is 320 g/mol. The highest BCUT2D eigenvalue weighted by Gasteiger charge is 2.17. The van der Waals surface area contributed by atoms with Crippen molar-refractivity contribution in [3.8, 4) is 0 Å². The highest BCUT2D eigenvalue weighted by molar-refractivity contribution is 6.30. The summed E-state index contributed by atoms with van der Waals surface area (Å²) in [4.78, 5) is 9.48. The van der Waals surface area contributed by atoms with Gasteiger partial charge in [0.05, 0.1) is 24.0 Å². The zero-order valence-corrected chi connectivity index (χ0v) is 14.4. The Morgan fingerprint density at radius 3 is 2.38 bits per heavy atom. The van der Waals surface area contributed by atoms with E-state index in [2.05, 4.69) is 49.7 Å². The molecule has 1 aliphatic rings. The maximum atomic E-state index is 5.95. The second kappa shape index (κ2) is 6.93. The number of benzene rings is 2. The van der Waals surface area contributed by atoms with Crippen molar-refractivity contribution in [3.05, 3.63) is 65.4 Å². The number of hydrogen-bond acceptors (Lipinski definition) is 3. The molecule has 1 fully saturated rings. The third-order valence-electron chi connectivity index (χ3n) is 4.66. The molecule has 4 rings (SSSR count). The van der Waals surface area contributed by atoms with Crippen LogP contribution in [0.2, 0.25) is 5.02 Å². The van der Waals surface area contributed by atoms with E-state index in [-0.39, 0.29) is 0 Å². The molecule has 0 aliphatic carbocycles. The fourth-order valence-electron chi connectivity index (χ4n) is 3.28. The number of halogens is 1. The van der Waals surface area contributed by atoms with Gasteiger partial charge in [-0.05, 0) is 29.8 Å². The first kappa shape index (κ1) is 15.6. The number of para-hydroxylation sites is 2. The molecule has 1 aromatic heterocycles. The molecule has 0 saturated carbocycles. The van der Waals surface area contributed by atoms with Crippen LogP contribution in [0.1, 0.15) is 5.56 Å². The first-order valence-corrected chi connectivity index (χ1v) is 8.75. The Labute approximate surface area is 147 Å². The van der Waals surface area contributed by atoms with E-state index in [4.69, 9.17) is 11.6 Å². The number of rotatable bonds is 4. The minimum atomic E-state index is 0.802. The maximum Gasteiger partial charge on any atom is 0.0969 e. The zero-order valence-electron chi connectivity index (χ0n) is 13.6. The monoisotopic (exact) mass is 340 g/mol. The van der Waals surface area contributed by atoms with Crippen molar-refractivity contribution in [1.82, 2.24) is 19.4 Å². The number of piperazine rings is 1. The number of nitrogens with zero attached hydrogens (tertiary/aromatic N) is 4. The lowest BCUT2D eigenvalue weighted by molar-refractivity contribution is 0.104. The largest absolute Gasteiger partial charge is 0.317 e. The van der Waals surface area contributed by atoms with Gasteiger partial charge in [-0.3, -0.25) is 9.80 Å². The molecule has 0 atom stereocenters. The molecule has 5 heteroatoms. The molecule has 0 unspecified atom stereocenters. The van der Waals surface area contributed by atoms with Gasteiger partial charge in [0.15, 0.2) is 0 Å². The van der Waals surface area contributed by atoms with Crippen LogP contribution in [0.5, 0.6) is 0 Å². The van der Waals surface area contributed by atoms with Crippen LogP contribution in [-0.2, 0) is 13.2 Å². The van der Waals surface area contributed by atoms with E-state index in [0.717, 1.165) is 49.9 Å². The molecule has 0 radical (unpaired) electrons. The Balaban J connectivity index is 1.33. The molecule has 4 nitrogen and oxygen atoms in total. The van der Waals surface area contributed by atoms with E-state index in [9.17, 15) is 0 Å². The molecule has 0 bridgehead atoms. The van der Waals surface area contributed by atoms with Crippen LogP contribution in [-0.4, -0.2) is 45.5 Å².